The summed E-state index contributed by atoms with van der Waals surface area (Å²) in [5, 5.41) is 2.70. The highest BCUT2D eigenvalue weighted by Crippen LogP contribution is 2.18. The van der Waals surface area contributed by atoms with Gasteiger partial charge in [-0.25, -0.2) is 4.79 Å². The molecule has 0 atom stereocenters. The number of benzene rings is 1. The number of carbonyl (C=O) groups excluding carboxylic acids is 2. The van der Waals surface area contributed by atoms with Crippen LogP contribution >= 0.6 is 11.6 Å². The van der Waals surface area contributed by atoms with E-state index in [1.54, 1.807) is 6.07 Å². The molecule has 3 N–H and O–H groups in total. The molecule has 0 unspecified atom stereocenters. The minimum absolute atomic E-state index is 0.149. The Morgan fingerprint density at radius 2 is 2.19 bits per heavy atom. The summed E-state index contributed by atoms with van der Waals surface area (Å²) in [6.07, 6.45) is 0. The first-order valence-corrected chi connectivity index (χ1v) is 4.85. The predicted octanol–water partition coefficient (Wildman–Crippen LogP) is 0.825. The maximum Gasteiger partial charge on any atom is 0.340 e. The van der Waals surface area contributed by atoms with Crippen LogP contribution in [0.2, 0.25) is 5.02 Å². The number of hydrogen-bond acceptors (Lipinski definition) is 4. The number of nitrogen functional groups attached to an aromatic ring is 1. The Labute approximate surface area is 97.5 Å². The fourth-order valence-corrected chi connectivity index (χ4v) is 1.16. The fourth-order valence-electron chi connectivity index (χ4n) is 0.986. The molecule has 1 aromatic rings. The maximum absolute atomic E-state index is 11.5. The van der Waals surface area contributed by atoms with Crippen molar-refractivity contribution in [3.63, 3.8) is 0 Å². The second-order valence-corrected chi connectivity index (χ2v) is 3.42. The molecule has 0 aromatic heterocycles. The average Bonchev–Trinajstić information content (AvgIpc) is 2.28. The lowest BCUT2D eigenvalue weighted by Gasteiger charge is -2.06. The van der Waals surface area contributed by atoms with Gasteiger partial charge in [0.2, 0.25) is 0 Å². The Balaban J connectivity index is 2.73. The van der Waals surface area contributed by atoms with E-state index in [9.17, 15) is 9.59 Å². The highest BCUT2D eigenvalue weighted by Gasteiger charge is 2.13. The third-order valence-corrected chi connectivity index (χ3v) is 2.08. The first-order valence-electron chi connectivity index (χ1n) is 4.47. The quantitative estimate of drug-likeness (QED) is 0.608. The number of nitrogens with one attached hydrogen (secondary N) is 1. The highest BCUT2D eigenvalue weighted by atomic mass is 35.5. The van der Waals surface area contributed by atoms with Crippen molar-refractivity contribution in [1.29, 1.82) is 0 Å². The number of likely N-dealkylation sites (N-methyl/N-ethyl adjacent to an activating group) is 1. The normalized spacial score (nSPS) is 9.62. The van der Waals surface area contributed by atoms with Crippen LogP contribution in [0, 0.1) is 0 Å². The van der Waals surface area contributed by atoms with E-state index in [-0.39, 0.29) is 17.9 Å². The number of halogens is 1. The van der Waals surface area contributed by atoms with E-state index in [0.717, 1.165) is 0 Å². The summed E-state index contributed by atoms with van der Waals surface area (Å²) in [6.45, 7) is -0.346. The molecule has 0 aliphatic heterocycles. The number of hydrogen-bond donors (Lipinski definition) is 2. The zero-order chi connectivity index (χ0) is 12.1. The summed E-state index contributed by atoms with van der Waals surface area (Å²) < 4.78 is 4.73. The Morgan fingerprint density at radius 1 is 1.50 bits per heavy atom. The Hall–Kier alpha value is -1.75. The van der Waals surface area contributed by atoms with Gasteiger partial charge in [0.1, 0.15) is 0 Å². The largest absolute Gasteiger partial charge is 0.452 e. The van der Waals surface area contributed by atoms with E-state index in [1.165, 1.54) is 19.2 Å². The number of esters is 1. The molecular weight excluding hydrogens is 232 g/mol. The molecular formula is C10H11ClN2O3. The van der Waals surface area contributed by atoms with Crippen molar-refractivity contribution in [2.75, 3.05) is 19.4 Å². The number of amides is 1. The molecule has 0 aliphatic rings. The lowest BCUT2D eigenvalue weighted by atomic mass is 10.2. The highest BCUT2D eigenvalue weighted by molar-refractivity contribution is 6.31. The summed E-state index contributed by atoms with van der Waals surface area (Å²) in [4.78, 5) is 22.4. The monoisotopic (exact) mass is 242 g/mol. The Morgan fingerprint density at radius 3 is 2.81 bits per heavy atom. The molecule has 1 amide bonds. The van der Waals surface area contributed by atoms with Crippen molar-refractivity contribution in [3.8, 4) is 0 Å². The minimum atomic E-state index is -0.677. The second-order valence-electron chi connectivity index (χ2n) is 2.98. The Kier molecular flexibility index (Phi) is 4.13. The van der Waals surface area contributed by atoms with Crippen LogP contribution in [0.5, 0.6) is 0 Å². The molecule has 1 rings (SSSR count). The zero-order valence-corrected chi connectivity index (χ0v) is 9.38. The molecule has 0 fully saturated rings. The van der Waals surface area contributed by atoms with Gasteiger partial charge >= 0.3 is 5.97 Å². The number of ether oxygens (including phenoxy) is 1. The maximum atomic E-state index is 11.5. The van der Waals surface area contributed by atoms with Gasteiger partial charge in [-0.3, -0.25) is 4.79 Å². The molecule has 5 nitrogen and oxygen atoms in total. The molecule has 0 heterocycles. The van der Waals surface area contributed by atoms with Crippen molar-refractivity contribution in [1.82, 2.24) is 5.32 Å². The van der Waals surface area contributed by atoms with Crippen molar-refractivity contribution in [3.05, 3.63) is 28.8 Å². The standard InChI is InChI=1S/C10H11ClN2O3/c1-13-9(14)5-16-10(15)7-4-6(11)2-3-8(7)12/h2-4H,5,12H2,1H3,(H,13,14). The summed E-state index contributed by atoms with van der Waals surface area (Å²) in [5.74, 6) is -1.07. The van der Waals surface area contributed by atoms with Gasteiger partial charge in [-0.05, 0) is 18.2 Å². The molecule has 0 saturated heterocycles. The van der Waals surface area contributed by atoms with Gasteiger partial charge in [-0.2, -0.15) is 0 Å². The molecule has 1 aromatic carbocycles. The van der Waals surface area contributed by atoms with E-state index in [2.05, 4.69) is 5.32 Å². The van der Waals surface area contributed by atoms with Crippen LogP contribution in [-0.4, -0.2) is 25.5 Å². The van der Waals surface area contributed by atoms with Crippen LogP contribution in [0.1, 0.15) is 10.4 Å². The summed E-state index contributed by atoms with van der Waals surface area (Å²) in [6, 6.07) is 4.45. The lowest BCUT2D eigenvalue weighted by molar-refractivity contribution is -0.123. The molecule has 0 bridgehead atoms. The van der Waals surface area contributed by atoms with Crippen LogP contribution in [0.25, 0.3) is 0 Å². The summed E-state index contributed by atoms with van der Waals surface area (Å²) in [7, 11) is 1.45. The van der Waals surface area contributed by atoms with Gasteiger partial charge in [-0.1, -0.05) is 11.6 Å². The van der Waals surface area contributed by atoms with Gasteiger partial charge in [0, 0.05) is 17.8 Å². The molecule has 0 spiro atoms. The molecule has 86 valence electrons. The van der Waals surface area contributed by atoms with Gasteiger partial charge in [0.25, 0.3) is 5.91 Å². The molecule has 0 radical (unpaired) electrons. The Bertz CT molecular complexity index is 421. The molecule has 0 saturated carbocycles. The number of carbonyl (C=O) groups is 2. The van der Waals surface area contributed by atoms with Crippen molar-refractivity contribution >= 4 is 29.2 Å². The van der Waals surface area contributed by atoms with Crippen molar-refractivity contribution in [2.45, 2.75) is 0 Å². The summed E-state index contributed by atoms with van der Waals surface area (Å²) >= 11 is 5.71. The van der Waals surface area contributed by atoms with Gasteiger partial charge in [0.05, 0.1) is 5.56 Å². The van der Waals surface area contributed by atoms with E-state index < -0.39 is 11.9 Å². The topological polar surface area (TPSA) is 81.4 Å². The van der Waals surface area contributed by atoms with E-state index in [4.69, 9.17) is 22.1 Å². The zero-order valence-electron chi connectivity index (χ0n) is 8.62. The van der Waals surface area contributed by atoms with E-state index in [0.29, 0.717) is 5.02 Å². The van der Waals surface area contributed by atoms with Crippen molar-refractivity contribution in [2.24, 2.45) is 0 Å². The van der Waals surface area contributed by atoms with Crippen LogP contribution in [0.3, 0.4) is 0 Å². The van der Waals surface area contributed by atoms with Crippen LogP contribution in [0.4, 0.5) is 5.69 Å². The minimum Gasteiger partial charge on any atom is -0.452 e. The van der Waals surface area contributed by atoms with Gasteiger partial charge in [0.15, 0.2) is 6.61 Å². The van der Waals surface area contributed by atoms with Gasteiger partial charge in [-0.15, -0.1) is 0 Å². The second kappa shape index (κ2) is 5.37. The van der Waals surface area contributed by atoms with Crippen LogP contribution in [-0.2, 0) is 9.53 Å². The first kappa shape index (κ1) is 12.3. The number of anilines is 1. The molecule has 16 heavy (non-hydrogen) atoms. The fraction of sp³-hybridized carbons (Fsp3) is 0.200. The van der Waals surface area contributed by atoms with Crippen LogP contribution in [0.15, 0.2) is 18.2 Å². The first-order chi connectivity index (χ1) is 7.54. The van der Waals surface area contributed by atoms with Crippen LogP contribution < -0.4 is 11.1 Å². The SMILES string of the molecule is CNC(=O)COC(=O)c1cc(Cl)ccc1N. The van der Waals surface area contributed by atoms with E-state index >= 15 is 0 Å². The third-order valence-electron chi connectivity index (χ3n) is 1.85. The predicted molar refractivity (Wildman–Crippen MR) is 60.2 cm³/mol. The average molecular weight is 243 g/mol. The van der Waals surface area contributed by atoms with E-state index in [1.807, 2.05) is 0 Å². The third kappa shape index (κ3) is 3.13. The molecule has 0 aliphatic carbocycles. The number of rotatable bonds is 3. The number of nitrogens with two attached hydrogens (primary N) is 1. The summed E-state index contributed by atoms with van der Waals surface area (Å²) in [5.41, 5.74) is 5.97. The van der Waals surface area contributed by atoms with Gasteiger partial charge < -0.3 is 15.8 Å². The van der Waals surface area contributed by atoms with Crippen molar-refractivity contribution < 1.29 is 14.3 Å². The molecule has 6 heteroatoms. The lowest BCUT2D eigenvalue weighted by Crippen LogP contribution is -2.25. The smallest absolute Gasteiger partial charge is 0.340 e.